The van der Waals surface area contributed by atoms with E-state index in [0.29, 0.717) is 52.2 Å². The summed E-state index contributed by atoms with van der Waals surface area (Å²) in [7, 11) is 0. The molecule has 1 atom stereocenters. The van der Waals surface area contributed by atoms with Crippen molar-refractivity contribution in [3.8, 4) is 11.5 Å². The zero-order chi connectivity index (χ0) is 30.2. The molecule has 5 rings (SSSR count). The molecule has 10 heteroatoms. The second-order valence-electron chi connectivity index (χ2n) is 9.49. The molecule has 0 spiro atoms. The highest BCUT2D eigenvalue weighted by molar-refractivity contribution is 8.00. The Bertz CT molecular complexity index is 1680. The van der Waals surface area contributed by atoms with E-state index < -0.39 is 17.1 Å². The van der Waals surface area contributed by atoms with Crippen LogP contribution in [0.3, 0.4) is 0 Å². The normalized spacial score (nSPS) is 13.0. The van der Waals surface area contributed by atoms with Crippen LogP contribution in [0.25, 0.3) is 6.08 Å². The monoisotopic (exact) mass is 613 g/mol. The van der Waals surface area contributed by atoms with Gasteiger partial charge in [0, 0.05) is 32.9 Å². The summed E-state index contributed by atoms with van der Waals surface area (Å²) in [6.07, 6.45) is 1.53. The predicted octanol–water partition coefficient (Wildman–Crippen LogP) is 6.64. The second kappa shape index (κ2) is 14.0. The molecule has 43 heavy (non-hydrogen) atoms. The molecule has 3 N–H and O–H groups in total. The van der Waals surface area contributed by atoms with Crippen LogP contribution in [0, 0.1) is 0 Å². The van der Waals surface area contributed by atoms with E-state index in [1.54, 1.807) is 97.9 Å². The fraction of sp³-hybridized carbons (Fsp3) is 0.121. The zero-order valence-corrected chi connectivity index (χ0v) is 24.7. The van der Waals surface area contributed by atoms with Gasteiger partial charge in [0.1, 0.15) is 18.9 Å². The van der Waals surface area contributed by atoms with Gasteiger partial charge in [-0.25, -0.2) is 0 Å². The number of fused-ring (bicyclic) bond motifs is 1. The van der Waals surface area contributed by atoms with Gasteiger partial charge in [-0.2, -0.15) is 0 Å². The van der Waals surface area contributed by atoms with Crippen LogP contribution in [0.5, 0.6) is 11.5 Å². The van der Waals surface area contributed by atoms with Crippen molar-refractivity contribution >= 4 is 58.5 Å². The first-order valence-electron chi connectivity index (χ1n) is 13.5. The van der Waals surface area contributed by atoms with Gasteiger partial charge in [0.05, 0.1) is 5.25 Å². The molecule has 1 heterocycles. The second-order valence-corrected chi connectivity index (χ2v) is 11.3. The number of hydrogen-bond donors (Lipinski definition) is 3. The number of nitrogens with one attached hydrogen (secondary N) is 3. The fourth-order valence-corrected chi connectivity index (χ4v) is 5.27. The van der Waals surface area contributed by atoms with E-state index in [2.05, 4.69) is 16.0 Å². The van der Waals surface area contributed by atoms with Crippen LogP contribution in [0.2, 0.25) is 5.02 Å². The first kappa shape index (κ1) is 29.8. The van der Waals surface area contributed by atoms with Gasteiger partial charge >= 0.3 is 0 Å². The SMILES string of the molecule is CC(Sc1cccc(NC(=O)/C(=C\c2ccccc2Cl)NC(=O)c2ccccc2)c1)C(=O)Nc1ccc2c(c1)OCCO2. The van der Waals surface area contributed by atoms with Crippen LogP contribution in [0.4, 0.5) is 11.4 Å². The molecule has 218 valence electrons. The molecule has 0 bridgehead atoms. The molecule has 1 unspecified atom stereocenters. The van der Waals surface area contributed by atoms with Gasteiger partial charge in [-0.05, 0) is 67.1 Å². The lowest BCUT2D eigenvalue weighted by atomic mass is 10.1. The Kier molecular flexibility index (Phi) is 9.66. The lowest BCUT2D eigenvalue weighted by Crippen LogP contribution is -2.30. The smallest absolute Gasteiger partial charge is 0.272 e. The van der Waals surface area contributed by atoms with Gasteiger partial charge in [-0.3, -0.25) is 14.4 Å². The standard InChI is InChI=1S/C33H28ClN3O5S/c1-21(31(38)35-25-14-15-29-30(20-25)42-17-16-41-29)43-26-12-7-11-24(19-26)36-33(40)28(18-23-10-5-6-13-27(23)34)37-32(39)22-8-3-2-4-9-22/h2-15,18-21H,16-17H2,1H3,(H,35,38)(H,36,40)(H,37,39)/b28-18+. The van der Waals surface area contributed by atoms with Crippen LogP contribution in [-0.4, -0.2) is 36.2 Å². The van der Waals surface area contributed by atoms with Crippen molar-refractivity contribution in [2.24, 2.45) is 0 Å². The molecule has 3 amide bonds. The molecular weight excluding hydrogens is 586 g/mol. The van der Waals surface area contributed by atoms with E-state index in [1.165, 1.54) is 17.8 Å². The number of halogens is 1. The molecule has 0 radical (unpaired) electrons. The van der Waals surface area contributed by atoms with Crippen LogP contribution >= 0.6 is 23.4 Å². The van der Waals surface area contributed by atoms with Gasteiger partial charge in [0.25, 0.3) is 11.8 Å². The van der Waals surface area contributed by atoms with E-state index in [9.17, 15) is 14.4 Å². The third kappa shape index (κ3) is 7.97. The first-order chi connectivity index (χ1) is 20.9. The third-order valence-corrected chi connectivity index (χ3v) is 7.76. The number of hydrogen-bond acceptors (Lipinski definition) is 6. The number of rotatable bonds is 9. The quantitative estimate of drug-likeness (QED) is 0.144. The molecule has 1 aliphatic rings. The van der Waals surface area contributed by atoms with Gasteiger partial charge in [-0.15, -0.1) is 11.8 Å². The lowest BCUT2D eigenvalue weighted by Gasteiger charge is -2.19. The average Bonchev–Trinajstić information content (AvgIpc) is 3.02. The minimum absolute atomic E-state index is 0.0205. The minimum Gasteiger partial charge on any atom is -0.486 e. The van der Waals surface area contributed by atoms with Crippen molar-refractivity contribution in [2.75, 3.05) is 23.8 Å². The van der Waals surface area contributed by atoms with E-state index in [0.717, 1.165) is 4.90 Å². The van der Waals surface area contributed by atoms with Crippen molar-refractivity contribution < 1.29 is 23.9 Å². The zero-order valence-electron chi connectivity index (χ0n) is 23.1. The number of carbonyl (C=O) groups is 3. The fourth-order valence-electron chi connectivity index (χ4n) is 4.16. The average molecular weight is 614 g/mol. The summed E-state index contributed by atoms with van der Waals surface area (Å²) in [5.41, 5.74) is 2.10. The molecule has 1 aliphatic heterocycles. The Hall–Kier alpha value is -4.73. The summed E-state index contributed by atoms with van der Waals surface area (Å²) in [6, 6.07) is 28.0. The van der Waals surface area contributed by atoms with Gasteiger partial charge in [0.15, 0.2) is 11.5 Å². The maximum absolute atomic E-state index is 13.4. The van der Waals surface area contributed by atoms with Crippen LogP contribution in [0.15, 0.2) is 108 Å². The molecule has 4 aromatic carbocycles. The summed E-state index contributed by atoms with van der Waals surface area (Å²) < 4.78 is 11.1. The number of carbonyl (C=O) groups excluding carboxylic acids is 3. The number of thioether (sulfide) groups is 1. The summed E-state index contributed by atoms with van der Waals surface area (Å²) in [6.45, 7) is 2.75. The highest BCUT2D eigenvalue weighted by atomic mass is 35.5. The summed E-state index contributed by atoms with van der Waals surface area (Å²) >= 11 is 7.67. The molecule has 8 nitrogen and oxygen atoms in total. The molecular formula is C33H28ClN3O5S. The minimum atomic E-state index is -0.532. The Morgan fingerprint density at radius 1 is 0.814 bits per heavy atom. The molecule has 0 aliphatic carbocycles. The van der Waals surface area contributed by atoms with Crippen molar-refractivity contribution in [1.82, 2.24) is 5.32 Å². The topological polar surface area (TPSA) is 106 Å². The highest BCUT2D eigenvalue weighted by Gasteiger charge is 2.19. The molecule has 4 aromatic rings. The van der Waals surface area contributed by atoms with Gasteiger partial charge in [-0.1, -0.05) is 54.1 Å². The van der Waals surface area contributed by atoms with E-state index >= 15 is 0 Å². The van der Waals surface area contributed by atoms with Crippen LogP contribution < -0.4 is 25.4 Å². The third-order valence-electron chi connectivity index (χ3n) is 6.32. The summed E-state index contributed by atoms with van der Waals surface area (Å²) in [4.78, 5) is 40.0. The molecule has 0 fully saturated rings. The van der Waals surface area contributed by atoms with Crippen molar-refractivity contribution in [3.05, 3.63) is 119 Å². The highest BCUT2D eigenvalue weighted by Crippen LogP contribution is 2.33. The Morgan fingerprint density at radius 3 is 2.33 bits per heavy atom. The van der Waals surface area contributed by atoms with Crippen LogP contribution in [0.1, 0.15) is 22.8 Å². The number of anilines is 2. The molecule has 0 aromatic heterocycles. The first-order valence-corrected chi connectivity index (χ1v) is 14.7. The van der Waals surface area contributed by atoms with Gasteiger partial charge < -0.3 is 25.4 Å². The summed E-state index contributed by atoms with van der Waals surface area (Å²) in [5.74, 6) is 0.0856. The summed E-state index contributed by atoms with van der Waals surface area (Å²) in [5, 5.41) is 8.45. The van der Waals surface area contributed by atoms with Crippen molar-refractivity contribution in [3.63, 3.8) is 0 Å². The number of ether oxygens (including phenoxy) is 2. The predicted molar refractivity (Wildman–Crippen MR) is 170 cm³/mol. The van der Waals surface area contributed by atoms with Crippen molar-refractivity contribution in [1.29, 1.82) is 0 Å². The van der Waals surface area contributed by atoms with Gasteiger partial charge in [0.2, 0.25) is 5.91 Å². The molecule has 0 saturated heterocycles. The Morgan fingerprint density at radius 2 is 1.53 bits per heavy atom. The lowest BCUT2D eigenvalue weighted by molar-refractivity contribution is -0.115. The number of benzene rings is 4. The van der Waals surface area contributed by atoms with E-state index in [4.69, 9.17) is 21.1 Å². The van der Waals surface area contributed by atoms with Crippen molar-refractivity contribution in [2.45, 2.75) is 17.1 Å². The maximum atomic E-state index is 13.4. The Labute approximate surface area is 258 Å². The largest absolute Gasteiger partial charge is 0.486 e. The van der Waals surface area contributed by atoms with E-state index in [1.807, 2.05) is 6.07 Å². The molecule has 0 saturated carbocycles. The maximum Gasteiger partial charge on any atom is 0.272 e. The van der Waals surface area contributed by atoms with E-state index in [-0.39, 0.29) is 11.6 Å². The number of amides is 3. The van der Waals surface area contributed by atoms with Crippen LogP contribution in [-0.2, 0) is 9.59 Å². The Balaban J connectivity index is 1.27.